The smallest absolute Gasteiger partial charge is 0.336 e. The maximum atomic E-state index is 12.2. The molecule has 108 valence electrons. The Morgan fingerprint density at radius 1 is 1.25 bits per heavy atom. The zero-order valence-electron chi connectivity index (χ0n) is 11.6. The molecule has 1 unspecified atom stereocenters. The summed E-state index contributed by atoms with van der Waals surface area (Å²) in [7, 11) is 0. The van der Waals surface area contributed by atoms with Crippen molar-refractivity contribution in [3.05, 3.63) is 35.4 Å². The Kier molecular flexibility index (Phi) is 4.74. The highest BCUT2D eigenvalue weighted by atomic mass is 16.4. The molecule has 1 fully saturated rings. The van der Waals surface area contributed by atoms with Crippen LogP contribution in [-0.2, 0) is 0 Å². The number of carbonyl (C=O) groups excluding carboxylic acids is 1. The van der Waals surface area contributed by atoms with Crippen molar-refractivity contribution in [1.29, 1.82) is 0 Å². The zero-order chi connectivity index (χ0) is 14.5. The molecule has 1 aromatic rings. The molecule has 1 saturated heterocycles. The van der Waals surface area contributed by atoms with Crippen LogP contribution >= 0.6 is 0 Å². The lowest BCUT2D eigenvalue weighted by atomic mass is 10.1. The van der Waals surface area contributed by atoms with Crippen LogP contribution in [-0.4, -0.2) is 47.6 Å². The lowest BCUT2D eigenvalue weighted by Gasteiger charge is -2.21. The molecular formula is C15H20N2O3. The molecule has 0 saturated carbocycles. The molecule has 2 rings (SSSR count). The van der Waals surface area contributed by atoms with Crippen molar-refractivity contribution < 1.29 is 14.7 Å². The molecule has 1 atom stereocenters. The Labute approximate surface area is 118 Å². The van der Waals surface area contributed by atoms with Crippen LogP contribution in [0.4, 0.5) is 0 Å². The maximum Gasteiger partial charge on any atom is 0.336 e. The van der Waals surface area contributed by atoms with Crippen molar-refractivity contribution >= 4 is 11.9 Å². The number of benzene rings is 1. The van der Waals surface area contributed by atoms with Crippen molar-refractivity contribution in [2.75, 3.05) is 19.6 Å². The molecule has 0 radical (unpaired) electrons. The minimum atomic E-state index is -1.08. The second-order valence-electron chi connectivity index (χ2n) is 5.23. The van der Waals surface area contributed by atoms with Gasteiger partial charge in [0.1, 0.15) is 0 Å². The Morgan fingerprint density at radius 3 is 2.45 bits per heavy atom. The minimum absolute atomic E-state index is 0.00227. The molecule has 2 N–H and O–H groups in total. The van der Waals surface area contributed by atoms with Crippen molar-refractivity contribution in [2.24, 2.45) is 0 Å². The van der Waals surface area contributed by atoms with Gasteiger partial charge in [-0.2, -0.15) is 0 Å². The van der Waals surface area contributed by atoms with E-state index < -0.39 is 5.97 Å². The third kappa shape index (κ3) is 3.57. The SMILES string of the molecule is CC(CN1CCCC1)NC(=O)c1ccccc1C(=O)O. The summed E-state index contributed by atoms with van der Waals surface area (Å²) < 4.78 is 0. The monoisotopic (exact) mass is 276 g/mol. The van der Waals surface area contributed by atoms with E-state index in [0.717, 1.165) is 19.6 Å². The van der Waals surface area contributed by atoms with Crippen LogP contribution in [0.5, 0.6) is 0 Å². The predicted octanol–water partition coefficient (Wildman–Crippen LogP) is 1.60. The van der Waals surface area contributed by atoms with Gasteiger partial charge in [0.25, 0.3) is 5.91 Å². The summed E-state index contributed by atoms with van der Waals surface area (Å²) in [6.07, 6.45) is 2.42. The van der Waals surface area contributed by atoms with Gasteiger partial charge in [0.2, 0.25) is 0 Å². The van der Waals surface area contributed by atoms with Gasteiger partial charge < -0.3 is 15.3 Å². The summed E-state index contributed by atoms with van der Waals surface area (Å²) in [6, 6.07) is 6.28. The van der Waals surface area contributed by atoms with Crippen molar-refractivity contribution in [2.45, 2.75) is 25.8 Å². The number of nitrogens with zero attached hydrogens (tertiary/aromatic N) is 1. The van der Waals surface area contributed by atoms with Gasteiger partial charge in [0.05, 0.1) is 11.1 Å². The number of likely N-dealkylation sites (tertiary alicyclic amines) is 1. The largest absolute Gasteiger partial charge is 0.478 e. The molecule has 5 nitrogen and oxygen atoms in total. The van der Waals surface area contributed by atoms with E-state index in [9.17, 15) is 9.59 Å². The van der Waals surface area contributed by atoms with E-state index >= 15 is 0 Å². The minimum Gasteiger partial charge on any atom is -0.478 e. The first-order chi connectivity index (χ1) is 9.58. The quantitative estimate of drug-likeness (QED) is 0.857. The number of carboxylic acid groups (broad SMARTS) is 1. The fraction of sp³-hybridized carbons (Fsp3) is 0.467. The Morgan fingerprint density at radius 2 is 1.85 bits per heavy atom. The number of hydrogen-bond donors (Lipinski definition) is 2. The van der Waals surface area contributed by atoms with Crippen molar-refractivity contribution in [1.82, 2.24) is 10.2 Å². The summed E-state index contributed by atoms with van der Waals surface area (Å²) in [5.74, 6) is -1.40. The molecule has 0 aromatic heterocycles. The topological polar surface area (TPSA) is 69.6 Å². The van der Waals surface area contributed by atoms with E-state index in [0.29, 0.717) is 0 Å². The summed E-state index contributed by atoms with van der Waals surface area (Å²) in [4.78, 5) is 25.6. The van der Waals surface area contributed by atoms with E-state index in [-0.39, 0.29) is 23.1 Å². The number of carboxylic acids is 1. The second kappa shape index (κ2) is 6.52. The van der Waals surface area contributed by atoms with Gasteiger partial charge in [-0.15, -0.1) is 0 Å². The maximum absolute atomic E-state index is 12.2. The van der Waals surface area contributed by atoms with E-state index in [4.69, 9.17) is 5.11 Å². The van der Waals surface area contributed by atoms with Gasteiger partial charge in [0, 0.05) is 12.6 Å². The van der Waals surface area contributed by atoms with Gasteiger partial charge >= 0.3 is 5.97 Å². The number of amides is 1. The molecule has 1 amide bonds. The van der Waals surface area contributed by atoms with Crippen molar-refractivity contribution in [3.8, 4) is 0 Å². The molecule has 1 aromatic carbocycles. The van der Waals surface area contributed by atoms with Crippen LogP contribution in [0.1, 0.15) is 40.5 Å². The number of nitrogens with one attached hydrogen (secondary N) is 1. The highest BCUT2D eigenvalue weighted by Gasteiger charge is 2.19. The predicted molar refractivity (Wildman–Crippen MR) is 76.0 cm³/mol. The average molecular weight is 276 g/mol. The number of aromatic carboxylic acids is 1. The summed E-state index contributed by atoms with van der Waals surface area (Å²) >= 11 is 0. The first kappa shape index (κ1) is 14.5. The molecule has 1 heterocycles. The molecule has 20 heavy (non-hydrogen) atoms. The summed E-state index contributed by atoms with van der Waals surface area (Å²) in [5.41, 5.74) is 0.256. The van der Waals surface area contributed by atoms with Crippen molar-refractivity contribution in [3.63, 3.8) is 0 Å². The molecular weight excluding hydrogens is 256 g/mol. The lowest BCUT2D eigenvalue weighted by Crippen LogP contribution is -2.41. The highest BCUT2D eigenvalue weighted by Crippen LogP contribution is 2.10. The molecule has 1 aliphatic heterocycles. The fourth-order valence-corrected chi connectivity index (χ4v) is 2.57. The van der Waals surface area contributed by atoms with Gasteiger partial charge in [-0.1, -0.05) is 12.1 Å². The van der Waals surface area contributed by atoms with E-state index in [1.54, 1.807) is 18.2 Å². The first-order valence-corrected chi connectivity index (χ1v) is 6.93. The third-order valence-electron chi connectivity index (χ3n) is 3.51. The second-order valence-corrected chi connectivity index (χ2v) is 5.23. The van der Waals surface area contributed by atoms with E-state index in [1.807, 2.05) is 6.92 Å². The van der Waals surface area contributed by atoms with Gasteiger partial charge in [-0.3, -0.25) is 4.79 Å². The van der Waals surface area contributed by atoms with Crippen LogP contribution in [0, 0.1) is 0 Å². The molecule has 5 heteroatoms. The fourth-order valence-electron chi connectivity index (χ4n) is 2.57. The normalized spacial score (nSPS) is 16.9. The summed E-state index contributed by atoms with van der Waals surface area (Å²) in [6.45, 7) is 4.90. The number of carbonyl (C=O) groups is 2. The average Bonchev–Trinajstić information content (AvgIpc) is 2.91. The Balaban J connectivity index is 1.98. The Bertz CT molecular complexity index is 496. The number of hydrogen-bond acceptors (Lipinski definition) is 3. The van der Waals surface area contributed by atoms with Crippen LogP contribution < -0.4 is 5.32 Å². The molecule has 1 aliphatic rings. The van der Waals surface area contributed by atoms with Gasteiger partial charge in [-0.05, 0) is 45.0 Å². The van der Waals surface area contributed by atoms with Crippen LogP contribution in [0.3, 0.4) is 0 Å². The van der Waals surface area contributed by atoms with Gasteiger partial charge in [0.15, 0.2) is 0 Å². The highest BCUT2D eigenvalue weighted by molar-refractivity contribution is 6.04. The van der Waals surface area contributed by atoms with Crippen LogP contribution in [0.25, 0.3) is 0 Å². The first-order valence-electron chi connectivity index (χ1n) is 6.93. The van der Waals surface area contributed by atoms with E-state index in [1.165, 1.54) is 18.9 Å². The zero-order valence-corrected chi connectivity index (χ0v) is 11.6. The number of rotatable bonds is 5. The van der Waals surface area contributed by atoms with Crippen LogP contribution in [0.15, 0.2) is 24.3 Å². The third-order valence-corrected chi connectivity index (χ3v) is 3.51. The van der Waals surface area contributed by atoms with Crippen LogP contribution in [0.2, 0.25) is 0 Å². The molecule has 0 aliphatic carbocycles. The summed E-state index contributed by atoms with van der Waals surface area (Å²) in [5, 5.41) is 12.0. The molecule has 0 bridgehead atoms. The Hall–Kier alpha value is -1.88. The standard InChI is InChI=1S/C15H20N2O3/c1-11(10-17-8-4-5-9-17)16-14(18)12-6-2-3-7-13(12)15(19)20/h2-3,6-7,11H,4-5,8-10H2,1H3,(H,16,18)(H,19,20). The molecule has 0 spiro atoms. The lowest BCUT2D eigenvalue weighted by molar-refractivity contribution is 0.0690. The van der Waals surface area contributed by atoms with E-state index in [2.05, 4.69) is 10.2 Å². The van der Waals surface area contributed by atoms with Gasteiger partial charge in [-0.25, -0.2) is 4.79 Å².